The van der Waals surface area contributed by atoms with Gasteiger partial charge in [-0.2, -0.15) is 0 Å². The summed E-state index contributed by atoms with van der Waals surface area (Å²) in [6.45, 7) is 0. The summed E-state index contributed by atoms with van der Waals surface area (Å²) in [4.78, 5) is 13.8. The number of rotatable bonds is 3. The van der Waals surface area contributed by atoms with Crippen LogP contribution in [0.2, 0.25) is 5.02 Å². The summed E-state index contributed by atoms with van der Waals surface area (Å²) in [7, 11) is 1.18. The molecule has 0 saturated heterocycles. The normalized spacial score (nSPS) is 10.4. The highest BCUT2D eigenvalue weighted by Crippen LogP contribution is 2.34. The second kappa shape index (κ2) is 4.32. The Hall–Kier alpha value is -1.23. The van der Waals surface area contributed by atoms with E-state index in [4.69, 9.17) is 11.6 Å². The summed E-state index contributed by atoms with van der Waals surface area (Å²) in [5.74, 6) is -0.258. The van der Waals surface area contributed by atoms with Gasteiger partial charge in [-0.1, -0.05) is 11.6 Å². The van der Waals surface area contributed by atoms with E-state index in [-0.39, 0.29) is 16.3 Å². The highest BCUT2D eigenvalue weighted by Gasteiger charge is 2.20. The molecule has 76 valence electrons. The minimum atomic E-state index is -2.79. The van der Waals surface area contributed by atoms with E-state index >= 15 is 0 Å². The third-order valence-electron chi connectivity index (χ3n) is 1.57. The van der Waals surface area contributed by atoms with Crippen LogP contribution in [0.1, 0.15) is 22.5 Å². The van der Waals surface area contributed by atoms with Gasteiger partial charge in [-0.25, -0.2) is 8.78 Å². The largest absolute Gasteiger partial charge is 0.493 e. The van der Waals surface area contributed by atoms with Gasteiger partial charge in [0.25, 0.3) is 6.43 Å². The van der Waals surface area contributed by atoms with E-state index in [9.17, 15) is 13.6 Å². The zero-order valence-electron chi connectivity index (χ0n) is 7.13. The average molecular weight is 222 g/mol. The van der Waals surface area contributed by atoms with E-state index in [1.807, 2.05) is 0 Å². The molecule has 0 aliphatic rings. The standard InChI is InChI=1S/C8H6ClF2NO2/c1-14-7-5(9)4(3-13)2-12-6(7)8(10)11/h2-3,8H,1H3. The molecule has 0 aromatic carbocycles. The summed E-state index contributed by atoms with van der Waals surface area (Å²) in [5, 5.41) is -0.146. The molecule has 0 fully saturated rings. The predicted octanol–water partition coefficient (Wildman–Crippen LogP) is 2.49. The second-order valence-corrected chi connectivity index (χ2v) is 2.74. The first-order valence-corrected chi connectivity index (χ1v) is 3.95. The van der Waals surface area contributed by atoms with Gasteiger partial charge in [0.05, 0.1) is 17.7 Å². The van der Waals surface area contributed by atoms with Crippen molar-refractivity contribution < 1.29 is 18.3 Å². The van der Waals surface area contributed by atoms with E-state index < -0.39 is 12.1 Å². The van der Waals surface area contributed by atoms with Crippen molar-refractivity contribution in [2.24, 2.45) is 0 Å². The molecule has 6 heteroatoms. The third-order valence-corrected chi connectivity index (χ3v) is 1.96. The molecule has 1 aromatic rings. The zero-order valence-corrected chi connectivity index (χ0v) is 7.89. The van der Waals surface area contributed by atoms with Crippen LogP contribution in [0.4, 0.5) is 8.78 Å². The molecule has 3 nitrogen and oxygen atoms in total. The van der Waals surface area contributed by atoms with E-state index in [1.165, 1.54) is 7.11 Å². The van der Waals surface area contributed by atoms with Crippen LogP contribution in [-0.4, -0.2) is 18.4 Å². The molecule has 0 spiro atoms. The van der Waals surface area contributed by atoms with Crippen LogP contribution in [0, 0.1) is 0 Å². The van der Waals surface area contributed by atoms with Gasteiger partial charge in [0.1, 0.15) is 5.69 Å². The maximum atomic E-state index is 12.3. The van der Waals surface area contributed by atoms with Gasteiger partial charge < -0.3 is 4.74 Å². The highest BCUT2D eigenvalue weighted by atomic mass is 35.5. The first-order valence-electron chi connectivity index (χ1n) is 3.57. The van der Waals surface area contributed by atoms with Gasteiger partial charge in [-0.15, -0.1) is 0 Å². The lowest BCUT2D eigenvalue weighted by molar-refractivity contribution is 0.112. The average Bonchev–Trinajstić information content (AvgIpc) is 2.17. The number of nitrogens with zero attached hydrogens (tertiary/aromatic N) is 1. The Bertz CT molecular complexity index is 357. The zero-order chi connectivity index (χ0) is 10.7. The molecule has 0 aliphatic heterocycles. The molecular formula is C8H6ClF2NO2. The van der Waals surface area contributed by atoms with Crippen molar-refractivity contribution in [3.05, 3.63) is 22.5 Å². The summed E-state index contributed by atoms with van der Waals surface area (Å²) < 4.78 is 29.3. The predicted molar refractivity (Wildman–Crippen MR) is 46.1 cm³/mol. The number of methoxy groups -OCH3 is 1. The minimum absolute atomic E-state index is 0.0212. The molecule has 1 heterocycles. The van der Waals surface area contributed by atoms with Crippen molar-refractivity contribution in [1.29, 1.82) is 0 Å². The Kier molecular flexibility index (Phi) is 3.35. The third kappa shape index (κ3) is 1.82. The van der Waals surface area contributed by atoms with Crippen molar-refractivity contribution in [1.82, 2.24) is 4.98 Å². The van der Waals surface area contributed by atoms with Gasteiger partial charge in [-0.3, -0.25) is 9.78 Å². The van der Waals surface area contributed by atoms with Crippen LogP contribution in [0.25, 0.3) is 0 Å². The van der Waals surface area contributed by atoms with Crippen LogP contribution in [0.5, 0.6) is 5.75 Å². The maximum absolute atomic E-state index is 12.3. The van der Waals surface area contributed by atoms with E-state index in [0.717, 1.165) is 6.20 Å². The van der Waals surface area contributed by atoms with Crippen molar-refractivity contribution in [2.45, 2.75) is 6.43 Å². The smallest absolute Gasteiger partial charge is 0.284 e. The maximum Gasteiger partial charge on any atom is 0.284 e. The Morgan fingerprint density at radius 3 is 2.71 bits per heavy atom. The molecule has 0 N–H and O–H groups in total. The van der Waals surface area contributed by atoms with Gasteiger partial charge >= 0.3 is 0 Å². The molecule has 0 radical (unpaired) electrons. The molecule has 0 amide bonds. The van der Waals surface area contributed by atoms with Gasteiger partial charge in [0.2, 0.25) is 0 Å². The molecule has 1 rings (SSSR count). The lowest BCUT2D eigenvalue weighted by atomic mass is 10.2. The molecule has 0 unspecified atom stereocenters. The summed E-state index contributed by atoms with van der Waals surface area (Å²) in [6.07, 6.45) is -1.38. The molecule has 1 aromatic heterocycles. The van der Waals surface area contributed by atoms with Gasteiger partial charge in [-0.05, 0) is 0 Å². The highest BCUT2D eigenvalue weighted by molar-refractivity contribution is 6.34. The first kappa shape index (κ1) is 10.8. The van der Waals surface area contributed by atoms with Crippen LogP contribution in [0.15, 0.2) is 6.20 Å². The van der Waals surface area contributed by atoms with Crippen LogP contribution in [-0.2, 0) is 0 Å². The summed E-state index contributed by atoms with van der Waals surface area (Å²) in [6, 6.07) is 0. The van der Waals surface area contributed by atoms with Crippen molar-refractivity contribution in [3.63, 3.8) is 0 Å². The quantitative estimate of drug-likeness (QED) is 0.736. The Labute approximate surface area is 83.7 Å². The Balaban J connectivity index is 3.35. The number of pyridine rings is 1. The first-order chi connectivity index (χ1) is 6.61. The number of hydrogen-bond acceptors (Lipinski definition) is 3. The summed E-state index contributed by atoms with van der Waals surface area (Å²) in [5.41, 5.74) is -0.545. The van der Waals surface area contributed by atoms with Crippen LogP contribution in [0.3, 0.4) is 0 Å². The molecule has 0 bridgehead atoms. The summed E-state index contributed by atoms with van der Waals surface area (Å²) >= 11 is 5.63. The Morgan fingerprint density at radius 2 is 2.29 bits per heavy atom. The monoisotopic (exact) mass is 221 g/mol. The molecular weight excluding hydrogens is 216 g/mol. The topological polar surface area (TPSA) is 39.2 Å². The van der Waals surface area contributed by atoms with E-state index in [2.05, 4.69) is 9.72 Å². The number of carbonyl (C=O) groups is 1. The number of carbonyl (C=O) groups excluding carboxylic acids is 1. The number of aromatic nitrogens is 1. The SMILES string of the molecule is COc1c(C(F)F)ncc(C=O)c1Cl. The molecule has 0 saturated carbocycles. The molecule has 0 aliphatic carbocycles. The Morgan fingerprint density at radius 1 is 1.64 bits per heavy atom. The molecule has 14 heavy (non-hydrogen) atoms. The van der Waals surface area contributed by atoms with Crippen LogP contribution < -0.4 is 4.74 Å². The van der Waals surface area contributed by atoms with Gasteiger partial charge in [0.15, 0.2) is 12.0 Å². The fourth-order valence-corrected chi connectivity index (χ4v) is 1.20. The number of aldehydes is 1. The number of hydrogen-bond donors (Lipinski definition) is 0. The van der Waals surface area contributed by atoms with Crippen molar-refractivity contribution in [2.75, 3.05) is 7.11 Å². The second-order valence-electron chi connectivity index (χ2n) is 2.36. The molecule has 0 atom stereocenters. The van der Waals surface area contributed by atoms with Crippen molar-refractivity contribution >= 4 is 17.9 Å². The minimum Gasteiger partial charge on any atom is -0.493 e. The van der Waals surface area contributed by atoms with E-state index in [1.54, 1.807) is 0 Å². The fourth-order valence-electron chi connectivity index (χ4n) is 0.930. The number of halogens is 3. The van der Waals surface area contributed by atoms with Gasteiger partial charge in [0, 0.05) is 6.20 Å². The lowest BCUT2D eigenvalue weighted by Gasteiger charge is -2.09. The number of ether oxygens (including phenoxy) is 1. The van der Waals surface area contributed by atoms with Crippen LogP contribution >= 0.6 is 11.6 Å². The van der Waals surface area contributed by atoms with E-state index in [0.29, 0.717) is 6.29 Å². The lowest BCUT2D eigenvalue weighted by Crippen LogP contribution is -1.99. The van der Waals surface area contributed by atoms with Crippen molar-refractivity contribution in [3.8, 4) is 5.75 Å². The number of alkyl halides is 2. The fraction of sp³-hybridized carbons (Fsp3) is 0.250.